The molecule has 0 atom stereocenters. The third kappa shape index (κ3) is 7.22. The van der Waals surface area contributed by atoms with E-state index in [1.165, 1.54) is 32.7 Å². The van der Waals surface area contributed by atoms with Crippen molar-refractivity contribution in [3.63, 3.8) is 0 Å². The van der Waals surface area contributed by atoms with Gasteiger partial charge < -0.3 is 10.0 Å². The summed E-state index contributed by atoms with van der Waals surface area (Å²) in [5, 5.41) is 22.6. The minimum atomic E-state index is -1.39. The molecular formula is C32H24BBr3O2. The van der Waals surface area contributed by atoms with Crippen LogP contribution in [0.15, 0.2) is 147 Å². The topological polar surface area (TPSA) is 40.5 Å². The van der Waals surface area contributed by atoms with Crippen molar-refractivity contribution in [3.8, 4) is 11.1 Å². The van der Waals surface area contributed by atoms with Gasteiger partial charge >= 0.3 is 7.12 Å². The van der Waals surface area contributed by atoms with E-state index in [2.05, 4.69) is 139 Å². The molecule has 0 aliphatic heterocycles. The Labute approximate surface area is 248 Å². The number of rotatable bonds is 2. The summed E-state index contributed by atoms with van der Waals surface area (Å²) in [6, 6.07) is 44.8. The molecule has 0 heterocycles. The van der Waals surface area contributed by atoms with Crippen molar-refractivity contribution in [1.82, 2.24) is 0 Å². The standard InChI is InChI=1S/C16H11Br.C10H7Br.C6H6BBrO2/c17-16-11-4-3-9-15(16)14-10-5-7-12-6-1-2-8-13(12)14;11-10-7-3-5-8-4-1-2-6-9(8)10;8-6-4-2-1-3-5(6)7(9)10/h1-11H;1-7H;1-4,9-10H. The molecule has 2 nitrogen and oxygen atoms in total. The molecule has 38 heavy (non-hydrogen) atoms. The first-order valence-electron chi connectivity index (χ1n) is 11.9. The zero-order valence-corrected chi connectivity index (χ0v) is 25.1. The van der Waals surface area contributed by atoms with Gasteiger partial charge in [-0.05, 0) is 56.3 Å². The molecule has 0 bridgehead atoms. The van der Waals surface area contributed by atoms with Crippen LogP contribution in [0.4, 0.5) is 0 Å². The zero-order valence-electron chi connectivity index (χ0n) is 20.3. The van der Waals surface area contributed by atoms with Crippen LogP contribution in [0.2, 0.25) is 0 Å². The van der Waals surface area contributed by atoms with Gasteiger partial charge in [-0.25, -0.2) is 0 Å². The molecule has 6 aromatic rings. The Bertz CT molecular complexity index is 1640. The van der Waals surface area contributed by atoms with Crippen molar-refractivity contribution in [2.45, 2.75) is 0 Å². The lowest BCUT2D eigenvalue weighted by Gasteiger charge is -2.08. The molecule has 0 saturated heterocycles. The monoisotopic (exact) mass is 688 g/mol. The molecule has 6 heteroatoms. The fraction of sp³-hybridized carbons (Fsp3) is 0. The second-order valence-corrected chi connectivity index (χ2v) is 10.9. The average molecular weight is 691 g/mol. The first-order valence-corrected chi connectivity index (χ1v) is 14.3. The fourth-order valence-electron chi connectivity index (χ4n) is 4.01. The number of halogens is 3. The van der Waals surface area contributed by atoms with Gasteiger partial charge in [0, 0.05) is 13.4 Å². The minimum absolute atomic E-state index is 0.488. The van der Waals surface area contributed by atoms with E-state index in [9.17, 15) is 0 Å². The van der Waals surface area contributed by atoms with Crippen LogP contribution < -0.4 is 5.46 Å². The summed E-state index contributed by atoms with van der Waals surface area (Å²) in [5.41, 5.74) is 3.00. The largest absolute Gasteiger partial charge is 0.489 e. The van der Waals surface area contributed by atoms with Gasteiger partial charge in [0.05, 0.1) is 0 Å². The Hall–Kier alpha value is -2.74. The molecule has 0 aliphatic carbocycles. The van der Waals surface area contributed by atoms with Gasteiger partial charge in [0.2, 0.25) is 0 Å². The van der Waals surface area contributed by atoms with E-state index in [4.69, 9.17) is 10.0 Å². The first-order chi connectivity index (χ1) is 18.5. The third-order valence-corrected chi connectivity index (χ3v) is 7.98. The molecule has 0 aromatic heterocycles. The Kier molecular flexibility index (Phi) is 10.3. The maximum atomic E-state index is 8.73. The highest BCUT2D eigenvalue weighted by Crippen LogP contribution is 2.33. The average Bonchev–Trinajstić information content (AvgIpc) is 2.94. The predicted octanol–water partition coefficient (Wildman–Crippen LogP) is 9.00. The molecule has 0 amide bonds. The normalized spacial score (nSPS) is 10.2. The van der Waals surface area contributed by atoms with Crippen LogP contribution in [0.5, 0.6) is 0 Å². The van der Waals surface area contributed by atoms with E-state index in [1.807, 2.05) is 24.3 Å². The molecule has 0 unspecified atom stereocenters. The van der Waals surface area contributed by atoms with Crippen molar-refractivity contribution in [3.05, 3.63) is 147 Å². The van der Waals surface area contributed by atoms with E-state index in [1.54, 1.807) is 18.2 Å². The van der Waals surface area contributed by atoms with E-state index in [0.717, 1.165) is 8.95 Å². The summed E-state index contributed by atoms with van der Waals surface area (Å²) < 4.78 is 3.01. The summed E-state index contributed by atoms with van der Waals surface area (Å²) in [5.74, 6) is 0. The molecule has 2 N–H and O–H groups in total. The smallest absolute Gasteiger partial charge is 0.423 e. The van der Waals surface area contributed by atoms with Crippen molar-refractivity contribution in [2.24, 2.45) is 0 Å². The summed E-state index contributed by atoms with van der Waals surface area (Å²) >= 11 is 10.3. The van der Waals surface area contributed by atoms with Gasteiger partial charge in [-0.15, -0.1) is 0 Å². The van der Waals surface area contributed by atoms with Crippen LogP contribution in [0.3, 0.4) is 0 Å². The van der Waals surface area contributed by atoms with Crippen molar-refractivity contribution in [1.29, 1.82) is 0 Å². The zero-order chi connectivity index (χ0) is 26.9. The molecule has 0 spiro atoms. The molecule has 6 aromatic carbocycles. The summed E-state index contributed by atoms with van der Waals surface area (Å²) in [6.45, 7) is 0. The summed E-state index contributed by atoms with van der Waals surface area (Å²) in [4.78, 5) is 0. The van der Waals surface area contributed by atoms with Crippen LogP contribution in [-0.2, 0) is 0 Å². The lowest BCUT2D eigenvalue weighted by atomic mass is 9.80. The highest BCUT2D eigenvalue weighted by molar-refractivity contribution is 9.11. The van der Waals surface area contributed by atoms with E-state index in [-0.39, 0.29) is 0 Å². The Balaban J connectivity index is 0.000000140. The van der Waals surface area contributed by atoms with E-state index >= 15 is 0 Å². The van der Waals surface area contributed by atoms with Gasteiger partial charge in [-0.1, -0.05) is 163 Å². The number of hydrogen-bond acceptors (Lipinski definition) is 2. The lowest BCUT2D eigenvalue weighted by molar-refractivity contribution is 0.425. The highest BCUT2D eigenvalue weighted by atomic mass is 79.9. The Morgan fingerprint density at radius 2 is 0.842 bits per heavy atom. The fourth-order valence-corrected chi connectivity index (χ4v) is 5.51. The minimum Gasteiger partial charge on any atom is -0.423 e. The molecule has 0 saturated carbocycles. The van der Waals surface area contributed by atoms with Crippen LogP contribution in [0.1, 0.15) is 0 Å². The molecule has 0 radical (unpaired) electrons. The second kappa shape index (κ2) is 13.9. The number of fused-ring (bicyclic) bond motifs is 2. The van der Waals surface area contributed by atoms with Crippen LogP contribution in [0.25, 0.3) is 32.7 Å². The quantitative estimate of drug-likeness (QED) is 0.178. The molecule has 188 valence electrons. The molecule has 0 aliphatic rings. The van der Waals surface area contributed by atoms with Crippen molar-refractivity contribution in [2.75, 3.05) is 0 Å². The van der Waals surface area contributed by atoms with Crippen molar-refractivity contribution >= 4 is 81.9 Å². The second-order valence-electron chi connectivity index (χ2n) is 8.36. The Morgan fingerprint density at radius 1 is 0.395 bits per heavy atom. The predicted molar refractivity (Wildman–Crippen MR) is 173 cm³/mol. The van der Waals surface area contributed by atoms with E-state index in [0.29, 0.717) is 9.94 Å². The van der Waals surface area contributed by atoms with Gasteiger partial charge in [0.1, 0.15) is 0 Å². The van der Waals surface area contributed by atoms with Gasteiger partial charge in [0.15, 0.2) is 0 Å². The lowest BCUT2D eigenvalue weighted by Crippen LogP contribution is -2.30. The third-order valence-electron chi connectivity index (χ3n) is 5.87. The molecular weight excluding hydrogens is 667 g/mol. The van der Waals surface area contributed by atoms with Crippen molar-refractivity contribution < 1.29 is 10.0 Å². The highest BCUT2D eigenvalue weighted by Gasteiger charge is 2.12. The Morgan fingerprint density at radius 3 is 1.45 bits per heavy atom. The van der Waals surface area contributed by atoms with Crippen LogP contribution >= 0.6 is 47.8 Å². The molecule has 6 rings (SSSR count). The summed E-state index contributed by atoms with van der Waals surface area (Å²) in [7, 11) is -1.39. The van der Waals surface area contributed by atoms with Gasteiger partial charge in [0.25, 0.3) is 0 Å². The van der Waals surface area contributed by atoms with Gasteiger partial charge in [-0.2, -0.15) is 0 Å². The SMILES string of the molecule is Brc1cccc2ccccc12.Brc1ccccc1-c1cccc2ccccc12.OB(O)c1ccccc1Br. The van der Waals surface area contributed by atoms with Crippen LogP contribution in [-0.4, -0.2) is 17.2 Å². The molecule has 0 fully saturated rings. The number of hydrogen-bond donors (Lipinski definition) is 2. The maximum Gasteiger partial charge on any atom is 0.489 e. The maximum absolute atomic E-state index is 8.73. The van der Waals surface area contributed by atoms with E-state index < -0.39 is 7.12 Å². The first kappa shape index (κ1) is 28.3. The van der Waals surface area contributed by atoms with Gasteiger partial charge in [-0.3, -0.25) is 0 Å². The summed E-state index contributed by atoms with van der Waals surface area (Å²) in [6.07, 6.45) is 0. The van der Waals surface area contributed by atoms with Crippen LogP contribution in [0, 0.1) is 0 Å². The number of benzene rings is 6.